The second-order valence-corrected chi connectivity index (χ2v) is 8.72. The molecule has 154 valence electrons. The molecule has 0 aromatic carbocycles. The molecule has 0 spiro atoms. The van der Waals surface area contributed by atoms with Crippen molar-refractivity contribution >= 4 is 11.8 Å². The number of carbonyl (C=O) groups excluding carboxylic acids is 2. The molecule has 2 aliphatic heterocycles. The van der Waals surface area contributed by atoms with Gasteiger partial charge in [-0.1, -0.05) is 6.92 Å². The van der Waals surface area contributed by atoms with Crippen LogP contribution in [0.15, 0.2) is 16.5 Å². The molecule has 0 radical (unpaired) electrons. The largest absolute Gasteiger partial charge is 0.466 e. The lowest BCUT2D eigenvalue weighted by Gasteiger charge is -2.36. The standard InChI is InChI=1S/C22H33N3O3/c1-17-15-19(17)20-7-5-18(28-20)6-8-21(26)25-13-11-23(12-14-25)16-22(27)24-9-3-2-4-10-24/h5,7,17,19H,2-4,6,8-16H2,1H3. The Hall–Kier alpha value is -1.82. The fourth-order valence-corrected chi connectivity index (χ4v) is 4.42. The van der Waals surface area contributed by atoms with Crippen molar-refractivity contribution in [1.29, 1.82) is 0 Å². The predicted octanol–water partition coefficient (Wildman–Crippen LogP) is 2.49. The lowest BCUT2D eigenvalue weighted by atomic mass is 10.1. The molecule has 1 aliphatic carbocycles. The van der Waals surface area contributed by atoms with Crippen LogP contribution in [-0.2, 0) is 16.0 Å². The molecule has 1 aromatic heterocycles. The van der Waals surface area contributed by atoms with Gasteiger partial charge in [-0.25, -0.2) is 0 Å². The van der Waals surface area contributed by atoms with E-state index >= 15 is 0 Å². The van der Waals surface area contributed by atoms with Crippen LogP contribution in [0.4, 0.5) is 0 Å². The van der Waals surface area contributed by atoms with Crippen LogP contribution in [0.25, 0.3) is 0 Å². The van der Waals surface area contributed by atoms with Crippen LogP contribution in [0, 0.1) is 5.92 Å². The second-order valence-electron chi connectivity index (χ2n) is 8.72. The normalized spacial score (nSPS) is 25.8. The molecule has 1 saturated carbocycles. The molecule has 4 rings (SSSR count). The van der Waals surface area contributed by atoms with Crippen LogP contribution in [0.5, 0.6) is 0 Å². The summed E-state index contributed by atoms with van der Waals surface area (Å²) in [5, 5.41) is 0. The third kappa shape index (κ3) is 4.77. The minimum absolute atomic E-state index is 0.194. The lowest BCUT2D eigenvalue weighted by molar-refractivity contribution is -0.135. The first kappa shape index (κ1) is 19.5. The van der Waals surface area contributed by atoms with Gasteiger partial charge in [0, 0.05) is 58.0 Å². The van der Waals surface area contributed by atoms with Gasteiger partial charge in [-0.3, -0.25) is 14.5 Å². The van der Waals surface area contributed by atoms with Gasteiger partial charge in [0.1, 0.15) is 11.5 Å². The van der Waals surface area contributed by atoms with E-state index in [0.29, 0.717) is 25.3 Å². The zero-order valence-corrected chi connectivity index (χ0v) is 17.1. The molecule has 0 N–H and O–H groups in total. The predicted molar refractivity (Wildman–Crippen MR) is 107 cm³/mol. The molecule has 2 atom stereocenters. The van der Waals surface area contributed by atoms with Gasteiger partial charge >= 0.3 is 0 Å². The molecule has 3 aliphatic rings. The van der Waals surface area contributed by atoms with Crippen molar-refractivity contribution in [3.63, 3.8) is 0 Å². The first-order valence-electron chi connectivity index (χ1n) is 11.0. The van der Waals surface area contributed by atoms with E-state index in [1.165, 1.54) is 12.8 Å². The van der Waals surface area contributed by atoms with Gasteiger partial charge in [-0.05, 0) is 43.7 Å². The number of piperazine rings is 1. The highest BCUT2D eigenvalue weighted by Crippen LogP contribution is 2.47. The summed E-state index contributed by atoms with van der Waals surface area (Å²) in [6, 6.07) is 4.10. The summed E-state index contributed by atoms with van der Waals surface area (Å²) < 4.78 is 5.91. The number of aryl methyl sites for hydroxylation is 1. The molecule has 2 amide bonds. The average Bonchev–Trinajstić information content (AvgIpc) is 3.26. The van der Waals surface area contributed by atoms with E-state index in [1.807, 2.05) is 15.9 Å². The van der Waals surface area contributed by atoms with E-state index in [9.17, 15) is 9.59 Å². The number of hydrogen-bond donors (Lipinski definition) is 0. The zero-order chi connectivity index (χ0) is 19.5. The van der Waals surface area contributed by atoms with E-state index in [-0.39, 0.29) is 11.8 Å². The van der Waals surface area contributed by atoms with Gasteiger partial charge in [0.25, 0.3) is 0 Å². The quantitative estimate of drug-likeness (QED) is 0.753. The van der Waals surface area contributed by atoms with Gasteiger partial charge in [-0.15, -0.1) is 0 Å². The number of amides is 2. The molecule has 2 unspecified atom stereocenters. The SMILES string of the molecule is CC1CC1c1ccc(CCC(=O)N2CCN(CC(=O)N3CCCCC3)CC2)o1. The fourth-order valence-electron chi connectivity index (χ4n) is 4.42. The summed E-state index contributed by atoms with van der Waals surface area (Å²) in [5.41, 5.74) is 0. The zero-order valence-electron chi connectivity index (χ0n) is 17.1. The van der Waals surface area contributed by atoms with E-state index in [1.54, 1.807) is 0 Å². The van der Waals surface area contributed by atoms with Crippen LogP contribution >= 0.6 is 0 Å². The Kier molecular flexibility index (Phi) is 6.04. The lowest BCUT2D eigenvalue weighted by Crippen LogP contribution is -2.52. The average molecular weight is 388 g/mol. The highest BCUT2D eigenvalue weighted by atomic mass is 16.3. The summed E-state index contributed by atoms with van der Waals surface area (Å²) in [6.07, 6.45) is 5.89. The van der Waals surface area contributed by atoms with Crippen molar-refractivity contribution in [2.75, 3.05) is 45.8 Å². The van der Waals surface area contributed by atoms with E-state index in [4.69, 9.17) is 4.42 Å². The third-order valence-electron chi connectivity index (χ3n) is 6.54. The Bertz CT molecular complexity index is 687. The van der Waals surface area contributed by atoms with Crippen molar-refractivity contribution in [2.24, 2.45) is 5.92 Å². The van der Waals surface area contributed by atoms with E-state index in [2.05, 4.69) is 17.9 Å². The molecular weight excluding hydrogens is 354 g/mol. The van der Waals surface area contributed by atoms with Crippen molar-refractivity contribution in [3.05, 3.63) is 23.7 Å². The summed E-state index contributed by atoms with van der Waals surface area (Å²) in [7, 11) is 0. The molecule has 3 fully saturated rings. The van der Waals surface area contributed by atoms with Gasteiger partial charge in [0.05, 0.1) is 6.54 Å². The van der Waals surface area contributed by atoms with Crippen LogP contribution < -0.4 is 0 Å². The van der Waals surface area contributed by atoms with E-state index < -0.39 is 0 Å². The summed E-state index contributed by atoms with van der Waals surface area (Å²) in [5.74, 6) is 3.77. The van der Waals surface area contributed by atoms with E-state index in [0.717, 1.165) is 69.5 Å². The Balaban J connectivity index is 1.16. The Morgan fingerprint density at radius 2 is 1.64 bits per heavy atom. The number of nitrogens with zero attached hydrogens (tertiary/aromatic N) is 3. The van der Waals surface area contributed by atoms with Gasteiger partial charge in [0.2, 0.25) is 11.8 Å². The summed E-state index contributed by atoms with van der Waals surface area (Å²) in [6.45, 7) is 7.57. The van der Waals surface area contributed by atoms with Gasteiger partial charge in [0.15, 0.2) is 0 Å². The fraction of sp³-hybridized carbons (Fsp3) is 0.727. The monoisotopic (exact) mass is 387 g/mol. The second kappa shape index (κ2) is 8.68. The maximum absolute atomic E-state index is 12.5. The highest BCUT2D eigenvalue weighted by molar-refractivity contribution is 5.78. The van der Waals surface area contributed by atoms with Gasteiger partial charge in [-0.2, -0.15) is 0 Å². The number of furan rings is 1. The Labute approximate surface area is 167 Å². The van der Waals surface area contributed by atoms with Crippen molar-refractivity contribution in [1.82, 2.24) is 14.7 Å². The first-order chi connectivity index (χ1) is 13.6. The smallest absolute Gasteiger partial charge is 0.236 e. The molecule has 28 heavy (non-hydrogen) atoms. The molecule has 2 saturated heterocycles. The summed E-state index contributed by atoms with van der Waals surface area (Å²) in [4.78, 5) is 31.1. The Morgan fingerprint density at radius 3 is 2.32 bits per heavy atom. The topological polar surface area (TPSA) is 57.0 Å². The van der Waals surface area contributed by atoms with Crippen LogP contribution in [0.3, 0.4) is 0 Å². The van der Waals surface area contributed by atoms with Crippen LogP contribution in [-0.4, -0.2) is 72.3 Å². The number of rotatable bonds is 6. The molecule has 3 heterocycles. The third-order valence-corrected chi connectivity index (χ3v) is 6.54. The number of likely N-dealkylation sites (tertiary alicyclic amines) is 1. The number of carbonyl (C=O) groups is 2. The van der Waals surface area contributed by atoms with Crippen LogP contribution in [0.2, 0.25) is 0 Å². The Morgan fingerprint density at radius 1 is 0.964 bits per heavy atom. The summed E-state index contributed by atoms with van der Waals surface area (Å²) >= 11 is 0. The molecule has 0 bridgehead atoms. The highest BCUT2D eigenvalue weighted by Gasteiger charge is 2.36. The van der Waals surface area contributed by atoms with Gasteiger partial charge < -0.3 is 14.2 Å². The number of hydrogen-bond acceptors (Lipinski definition) is 4. The van der Waals surface area contributed by atoms with Crippen molar-refractivity contribution in [3.8, 4) is 0 Å². The first-order valence-corrected chi connectivity index (χ1v) is 11.0. The maximum Gasteiger partial charge on any atom is 0.236 e. The molecular formula is C22H33N3O3. The molecule has 6 heteroatoms. The van der Waals surface area contributed by atoms with Crippen molar-refractivity contribution < 1.29 is 14.0 Å². The van der Waals surface area contributed by atoms with Crippen molar-refractivity contribution in [2.45, 2.75) is 51.4 Å². The van der Waals surface area contributed by atoms with Crippen LogP contribution in [0.1, 0.15) is 56.5 Å². The maximum atomic E-state index is 12.5. The molecule has 6 nitrogen and oxygen atoms in total. The number of piperidine rings is 1. The minimum atomic E-state index is 0.194. The minimum Gasteiger partial charge on any atom is -0.466 e. The molecule has 1 aromatic rings.